The predicted molar refractivity (Wildman–Crippen MR) is 81.2 cm³/mol. The predicted octanol–water partition coefficient (Wildman–Crippen LogP) is 1.90. The first-order valence-corrected chi connectivity index (χ1v) is 7.44. The van der Waals surface area contributed by atoms with Crippen LogP contribution in [-0.2, 0) is 11.3 Å². The van der Waals surface area contributed by atoms with Gasteiger partial charge in [0.1, 0.15) is 12.4 Å². The second-order valence-electron chi connectivity index (χ2n) is 5.42. The van der Waals surface area contributed by atoms with Crippen molar-refractivity contribution in [2.45, 2.75) is 25.5 Å². The Morgan fingerprint density at radius 3 is 3.10 bits per heavy atom. The van der Waals surface area contributed by atoms with E-state index >= 15 is 0 Å². The van der Waals surface area contributed by atoms with Crippen LogP contribution in [0.15, 0.2) is 24.3 Å². The number of nitrogens with zero attached hydrogens (tertiary/aromatic N) is 1. The van der Waals surface area contributed by atoms with Crippen LogP contribution in [0.2, 0.25) is 0 Å². The topological polar surface area (TPSA) is 33.7 Å². The van der Waals surface area contributed by atoms with E-state index in [9.17, 15) is 0 Å². The lowest BCUT2D eigenvalue weighted by molar-refractivity contribution is 0.0771. The number of hydrogen-bond donors (Lipinski definition) is 1. The van der Waals surface area contributed by atoms with Crippen molar-refractivity contribution >= 4 is 0 Å². The quantitative estimate of drug-likeness (QED) is 0.787. The Morgan fingerprint density at radius 1 is 1.45 bits per heavy atom. The van der Waals surface area contributed by atoms with Gasteiger partial charge in [-0.2, -0.15) is 0 Å². The third-order valence-electron chi connectivity index (χ3n) is 3.56. The van der Waals surface area contributed by atoms with E-state index in [0.717, 1.165) is 32.0 Å². The Morgan fingerprint density at radius 2 is 2.35 bits per heavy atom. The molecule has 1 fully saturated rings. The molecule has 4 heteroatoms. The Hall–Kier alpha value is -1.10. The summed E-state index contributed by atoms with van der Waals surface area (Å²) in [6.07, 6.45) is 2.81. The molecule has 2 rings (SSSR count). The van der Waals surface area contributed by atoms with E-state index in [1.165, 1.54) is 18.4 Å². The number of rotatable bonds is 8. The van der Waals surface area contributed by atoms with Gasteiger partial charge in [-0.15, -0.1) is 0 Å². The highest BCUT2D eigenvalue weighted by Gasteiger charge is 2.16. The lowest BCUT2D eigenvalue weighted by Gasteiger charge is -2.20. The Labute approximate surface area is 122 Å². The van der Waals surface area contributed by atoms with Gasteiger partial charge in [0.25, 0.3) is 0 Å². The molecule has 1 unspecified atom stereocenters. The number of ether oxygens (including phenoxy) is 2. The molecule has 112 valence electrons. The normalized spacial score (nSPS) is 18.6. The van der Waals surface area contributed by atoms with Gasteiger partial charge in [0, 0.05) is 26.2 Å². The van der Waals surface area contributed by atoms with Crippen molar-refractivity contribution in [1.82, 2.24) is 10.2 Å². The summed E-state index contributed by atoms with van der Waals surface area (Å²) in [5, 5.41) is 3.15. The zero-order chi connectivity index (χ0) is 14.2. The van der Waals surface area contributed by atoms with E-state index in [1.54, 1.807) is 0 Å². The largest absolute Gasteiger partial charge is 0.492 e. The maximum absolute atomic E-state index is 5.82. The van der Waals surface area contributed by atoms with Crippen LogP contribution in [0.4, 0.5) is 0 Å². The van der Waals surface area contributed by atoms with Crippen LogP contribution in [0, 0.1) is 0 Å². The third-order valence-corrected chi connectivity index (χ3v) is 3.56. The molecule has 0 radical (unpaired) electrons. The molecule has 1 aromatic carbocycles. The maximum atomic E-state index is 5.82. The Kier molecular flexibility index (Phi) is 6.30. The number of nitrogens with one attached hydrogen (secondary N) is 1. The van der Waals surface area contributed by atoms with Gasteiger partial charge in [-0.3, -0.25) is 0 Å². The minimum Gasteiger partial charge on any atom is -0.492 e. The van der Waals surface area contributed by atoms with Gasteiger partial charge >= 0.3 is 0 Å². The molecule has 1 aliphatic rings. The van der Waals surface area contributed by atoms with Crippen LogP contribution in [0.3, 0.4) is 0 Å². The Bertz CT molecular complexity index is 392. The lowest BCUT2D eigenvalue weighted by Crippen LogP contribution is -2.32. The first kappa shape index (κ1) is 15.3. The monoisotopic (exact) mass is 278 g/mol. The molecule has 0 amide bonds. The zero-order valence-electron chi connectivity index (χ0n) is 12.6. The average molecular weight is 278 g/mol. The van der Waals surface area contributed by atoms with Gasteiger partial charge in [0.05, 0.1) is 6.10 Å². The molecule has 1 heterocycles. The molecule has 0 aromatic heterocycles. The third kappa shape index (κ3) is 5.12. The molecule has 1 N–H and O–H groups in total. The smallest absolute Gasteiger partial charge is 0.119 e. The SMILES string of the molecule is CNCc1cccc(OCCN(C)CC2CCCO2)c1. The standard InChI is InChI=1S/C16H26N2O2/c1-17-12-14-5-3-6-15(11-14)20-10-8-18(2)13-16-7-4-9-19-16/h3,5-6,11,16-17H,4,7-10,12-13H2,1-2H3. The Balaban J connectivity index is 1.67. The fourth-order valence-electron chi connectivity index (χ4n) is 2.50. The van der Waals surface area contributed by atoms with Crippen molar-refractivity contribution in [3.05, 3.63) is 29.8 Å². The summed E-state index contributed by atoms with van der Waals surface area (Å²) in [4.78, 5) is 2.29. The fraction of sp³-hybridized carbons (Fsp3) is 0.625. The van der Waals surface area contributed by atoms with Crippen molar-refractivity contribution in [1.29, 1.82) is 0 Å². The van der Waals surface area contributed by atoms with E-state index in [1.807, 2.05) is 19.2 Å². The molecule has 1 aliphatic heterocycles. The van der Waals surface area contributed by atoms with Gasteiger partial charge in [0.2, 0.25) is 0 Å². The molecule has 20 heavy (non-hydrogen) atoms. The summed E-state index contributed by atoms with van der Waals surface area (Å²) in [5.74, 6) is 0.947. The summed E-state index contributed by atoms with van der Waals surface area (Å²) in [6.45, 7) is 4.44. The molecular formula is C16H26N2O2. The van der Waals surface area contributed by atoms with Crippen molar-refractivity contribution in [2.75, 3.05) is 40.4 Å². The van der Waals surface area contributed by atoms with Gasteiger partial charge in [0.15, 0.2) is 0 Å². The molecule has 1 aromatic rings. The molecule has 4 nitrogen and oxygen atoms in total. The van der Waals surface area contributed by atoms with Crippen LogP contribution >= 0.6 is 0 Å². The van der Waals surface area contributed by atoms with Crippen molar-refractivity contribution in [3.63, 3.8) is 0 Å². The second-order valence-corrected chi connectivity index (χ2v) is 5.42. The average Bonchev–Trinajstić information content (AvgIpc) is 2.92. The fourth-order valence-corrected chi connectivity index (χ4v) is 2.50. The summed E-state index contributed by atoms with van der Waals surface area (Å²) in [7, 11) is 4.08. The van der Waals surface area contributed by atoms with Crippen LogP contribution in [0.1, 0.15) is 18.4 Å². The van der Waals surface area contributed by atoms with E-state index in [0.29, 0.717) is 12.7 Å². The number of benzene rings is 1. The maximum Gasteiger partial charge on any atom is 0.119 e. The molecule has 0 spiro atoms. The highest BCUT2D eigenvalue weighted by Crippen LogP contribution is 2.14. The van der Waals surface area contributed by atoms with Crippen LogP contribution < -0.4 is 10.1 Å². The molecule has 0 bridgehead atoms. The highest BCUT2D eigenvalue weighted by molar-refractivity contribution is 5.28. The molecule has 1 saturated heterocycles. The minimum atomic E-state index is 0.416. The van der Waals surface area contributed by atoms with Gasteiger partial charge in [-0.25, -0.2) is 0 Å². The zero-order valence-corrected chi connectivity index (χ0v) is 12.6. The van der Waals surface area contributed by atoms with Crippen molar-refractivity contribution in [2.24, 2.45) is 0 Å². The van der Waals surface area contributed by atoms with Gasteiger partial charge in [-0.1, -0.05) is 12.1 Å². The van der Waals surface area contributed by atoms with E-state index < -0.39 is 0 Å². The molecule has 1 atom stereocenters. The molecule has 0 saturated carbocycles. The molecular weight excluding hydrogens is 252 g/mol. The minimum absolute atomic E-state index is 0.416. The summed E-state index contributed by atoms with van der Waals surface area (Å²) >= 11 is 0. The van der Waals surface area contributed by atoms with E-state index in [2.05, 4.69) is 29.4 Å². The number of hydrogen-bond acceptors (Lipinski definition) is 4. The van der Waals surface area contributed by atoms with Gasteiger partial charge in [-0.05, 0) is 44.6 Å². The number of likely N-dealkylation sites (N-methyl/N-ethyl adjacent to an activating group) is 1. The highest BCUT2D eigenvalue weighted by atomic mass is 16.5. The van der Waals surface area contributed by atoms with E-state index in [-0.39, 0.29) is 0 Å². The molecule has 0 aliphatic carbocycles. The summed E-state index contributed by atoms with van der Waals surface area (Å²) in [5.41, 5.74) is 1.25. The van der Waals surface area contributed by atoms with Gasteiger partial charge < -0.3 is 19.7 Å². The second kappa shape index (κ2) is 8.25. The van der Waals surface area contributed by atoms with Crippen molar-refractivity contribution in [3.8, 4) is 5.75 Å². The van der Waals surface area contributed by atoms with Crippen molar-refractivity contribution < 1.29 is 9.47 Å². The summed E-state index contributed by atoms with van der Waals surface area (Å²) in [6, 6.07) is 8.25. The first-order valence-electron chi connectivity index (χ1n) is 7.44. The first-order chi connectivity index (χ1) is 9.78. The van der Waals surface area contributed by atoms with Crippen LogP contribution in [-0.4, -0.2) is 51.4 Å². The van der Waals surface area contributed by atoms with Crippen LogP contribution in [0.5, 0.6) is 5.75 Å². The van der Waals surface area contributed by atoms with Crippen LogP contribution in [0.25, 0.3) is 0 Å². The van der Waals surface area contributed by atoms with E-state index in [4.69, 9.17) is 9.47 Å². The summed E-state index contributed by atoms with van der Waals surface area (Å²) < 4.78 is 11.5. The lowest BCUT2D eigenvalue weighted by atomic mass is 10.2.